The highest BCUT2D eigenvalue weighted by Crippen LogP contribution is 2.51. The lowest BCUT2D eigenvalue weighted by atomic mass is 9.84. The molecule has 704 valence electrons. The molecule has 11 bridgehead atoms. The van der Waals surface area contributed by atoms with E-state index < -0.39 is 297 Å². The number of rotatable bonds is 21. The molecule has 8 heterocycles. The molecule has 15 rings (SSSR count). The van der Waals surface area contributed by atoms with Gasteiger partial charge in [0.1, 0.15) is 126 Å². The summed E-state index contributed by atoms with van der Waals surface area (Å²) in [7, 11) is 1.45. The molecule has 24 N–H and O–H groups in total. The monoisotopic (exact) mass is 1870 g/mol. The molecule has 8 amide bonds. The first-order valence-corrected chi connectivity index (χ1v) is 41.7. The number of phenolic OH excluding ortho intramolecular Hbond substituents is 3. The third kappa shape index (κ3) is 21.9. The molecular weight excluding hydrogens is 1780 g/mol. The zero-order valence-corrected chi connectivity index (χ0v) is 71.4. The minimum atomic E-state index is -5.00. The Morgan fingerprint density at radius 1 is 0.641 bits per heavy atom. The van der Waals surface area contributed by atoms with Crippen molar-refractivity contribution in [3.8, 4) is 62.9 Å². The number of fused-ring (bicyclic) bond motifs is 15. The maximum atomic E-state index is 16.5. The number of alkyl halides is 3. The predicted octanol–water partition coefficient (Wildman–Crippen LogP) is 1.78. The van der Waals surface area contributed by atoms with Crippen molar-refractivity contribution in [3.63, 3.8) is 0 Å². The van der Waals surface area contributed by atoms with Crippen molar-refractivity contribution >= 4 is 76.1 Å². The van der Waals surface area contributed by atoms with Gasteiger partial charge in [0.25, 0.3) is 5.91 Å². The highest BCUT2D eigenvalue weighted by molar-refractivity contribution is 6.32. The Balaban J connectivity index is 0.972. The number of nitrogens with one attached hydrogen (secondary N) is 9. The van der Waals surface area contributed by atoms with E-state index >= 15 is 24.0 Å². The number of likely N-dealkylation sites (N-methyl/N-ethyl adjacent to an activating group) is 1. The molecule has 0 aromatic heterocycles. The molecule has 8 aliphatic rings. The van der Waals surface area contributed by atoms with Crippen molar-refractivity contribution in [1.82, 2.24) is 42.5 Å². The lowest BCUT2D eigenvalue weighted by Crippen LogP contribution is -2.65. The minimum Gasteiger partial charge on any atom is -0.508 e. The second-order valence-corrected chi connectivity index (χ2v) is 33.5. The van der Waals surface area contributed by atoms with Gasteiger partial charge < -0.3 is 163 Å². The van der Waals surface area contributed by atoms with Crippen LogP contribution in [0.25, 0.3) is 11.1 Å². The topological polar surface area (TPSA) is 617 Å². The van der Waals surface area contributed by atoms with Crippen molar-refractivity contribution in [2.75, 3.05) is 25.6 Å². The van der Waals surface area contributed by atoms with Gasteiger partial charge in [-0.25, -0.2) is 0 Å². The van der Waals surface area contributed by atoms with Gasteiger partial charge in [-0.15, -0.1) is 13.2 Å². The largest absolute Gasteiger partial charge is 0.573 e. The highest BCUT2D eigenvalue weighted by atomic mass is 35.5. The number of amides is 8. The number of primary amides is 1. The second-order valence-electron chi connectivity index (χ2n) is 32.6. The number of aromatic hydroxyl groups is 3. The van der Waals surface area contributed by atoms with E-state index in [1.165, 1.54) is 32.2 Å². The number of anilines is 1. The lowest BCUT2D eigenvalue weighted by Gasteiger charge is -2.47. The number of phenols is 3. The van der Waals surface area contributed by atoms with E-state index in [1.807, 2.05) is 0 Å². The summed E-state index contributed by atoms with van der Waals surface area (Å²) in [6, 6.07) is 11.7. The zero-order chi connectivity index (χ0) is 94.8. The van der Waals surface area contributed by atoms with Crippen molar-refractivity contribution in [2.24, 2.45) is 11.7 Å². The zero-order valence-electron chi connectivity index (χ0n) is 69.9. The third-order valence-electron chi connectivity index (χ3n) is 22.8. The normalized spacial score (nSPS) is 29.0. The van der Waals surface area contributed by atoms with Crippen molar-refractivity contribution in [1.29, 1.82) is 0 Å². The first-order valence-electron chi connectivity index (χ1n) is 40.9. The van der Waals surface area contributed by atoms with E-state index in [-0.39, 0.29) is 53.2 Å². The molecule has 3 saturated heterocycles. The molecule has 8 aliphatic heterocycles. The molecule has 0 saturated carbocycles. The summed E-state index contributed by atoms with van der Waals surface area (Å²) in [6.07, 6.45) is -37.6. The van der Waals surface area contributed by atoms with Gasteiger partial charge in [-0.05, 0) is 152 Å². The first kappa shape index (κ1) is 97.1. The minimum absolute atomic E-state index is 0.0351. The Morgan fingerprint density at radius 3 is 1.91 bits per heavy atom. The fraction of sp³-hybridized carbons (Fsp3) is 0.419. The summed E-state index contributed by atoms with van der Waals surface area (Å²) in [5.41, 5.74) is 2.16. The van der Waals surface area contributed by atoms with Gasteiger partial charge in [0.15, 0.2) is 30.3 Å². The fourth-order valence-corrected chi connectivity index (χ4v) is 16.4. The highest BCUT2D eigenvalue weighted by Gasteiger charge is 2.54. The van der Waals surface area contributed by atoms with E-state index in [4.69, 9.17) is 66.8 Å². The summed E-state index contributed by atoms with van der Waals surface area (Å²) >= 11 is 14.5. The Morgan fingerprint density at radius 2 is 1.27 bits per heavy atom. The predicted molar refractivity (Wildman–Crippen MR) is 447 cm³/mol. The van der Waals surface area contributed by atoms with E-state index in [1.54, 1.807) is 39.0 Å². The third-order valence-corrected chi connectivity index (χ3v) is 23.4. The lowest BCUT2D eigenvalue weighted by molar-refractivity contribution is -0.352. The van der Waals surface area contributed by atoms with Crippen molar-refractivity contribution < 1.29 is 161 Å². The molecule has 0 aliphatic carbocycles. The van der Waals surface area contributed by atoms with Crippen LogP contribution in [0.2, 0.25) is 10.0 Å². The standard InChI is InChI=1S/C86H95Cl2F3N10O30/c1-33(2)19-48(93-5)77(117)99-63-65(108)38-12-17-52(46(87)22-38)124-54-24-40-25-55(72(54)129-84-70(113)68(111)73(57(32-103)127-84)130-83-69(112)67(110)66(109)56(31-102)126-83)125-53-18-13-39(23-47(53)88)71(128-59-29-85(4,74(114)34(3)123-59)94-30-35-7-6-8-41(20-35)95-75(115)36-9-14-43(15-10-36)131-86(89,90)91)64-82(122)101-76(116)45-26-42(104)27-51(106)60(45)44-21-37(11-16-50(44)105)61(79(119)100-64)98-80(120)62(40)97-78(118)49(28-58(92)107)96-81(63)121/h6-18,20-27,33-34,48-49,56-57,59,61-71,73-74,76,83-84,93-94,102-106,108-114,116H,19,28-32H2,1-5H3,(H2,92,107)(H,95,115)(H,96,121)(H,97,118)(H,98,120)(H,99,117)(H,100,119)(H,101,122)/t34-,48+,49+,56+,57+,59-,61+,62+,63?,64-,65+,66-,67-,68+,69+,70+,71+,73+,74-,76-,83-,84-,85-/m0/s1. The van der Waals surface area contributed by atoms with Gasteiger partial charge >= 0.3 is 6.36 Å². The molecular formula is C86H95Cl2F3N10O30. The Hall–Kier alpha value is -11.4. The van der Waals surface area contributed by atoms with Crippen LogP contribution in [0.15, 0.2) is 127 Å². The number of benzene rings is 7. The molecule has 1 unspecified atom stereocenters. The van der Waals surface area contributed by atoms with Crippen LogP contribution in [-0.2, 0) is 63.8 Å². The Labute approximate surface area is 752 Å². The number of nitrogens with two attached hydrogens (primary N) is 1. The molecule has 0 spiro atoms. The Kier molecular flexibility index (Phi) is 29.9. The van der Waals surface area contributed by atoms with Crippen LogP contribution in [0.4, 0.5) is 18.9 Å². The van der Waals surface area contributed by atoms with E-state index in [0.29, 0.717) is 5.56 Å². The molecule has 40 nitrogen and oxygen atoms in total. The summed E-state index contributed by atoms with van der Waals surface area (Å²) in [6.45, 7) is 4.46. The van der Waals surface area contributed by atoms with Gasteiger partial charge in [-0.3, -0.25) is 38.4 Å². The van der Waals surface area contributed by atoms with E-state index in [2.05, 4.69) is 52.6 Å². The van der Waals surface area contributed by atoms with Gasteiger partial charge in [-0.1, -0.05) is 67.4 Å². The van der Waals surface area contributed by atoms with Crippen LogP contribution in [0.1, 0.15) is 121 Å². The number of halogens is 5. The molecule has 7 aromatic carbocycles. The number of aliphatic hydroxyl groups excluding tert-OH is 10. The van der Waals surface area contributed by atoms with Crippen LogP contribution in [0.3, 0.4) is 0 Å². The quantitative estimate of drug-likeness (QED) is 0.0487. The molecule has 131 heavy (non-hydrogen) atoms. The Bertz CT molecular complexity index is 5440. The van der Waals surface area contributed by atoms with Gasteiger partial charge in [0, 0.05) is 52.5 Å². The van der Waals surface area contributed by atoms with Gasteiger partial charge in [0.05, 0.1) is 47.9 Å². The maximum Gasteiger partial charge on any atom is 0.573 e. The average Bonchev–Trinajstić information content (AvgIpc) is 0.764. The SMILES string of the molecule is CN[C@H](CC(C)C)C(=O)NC1C(=O)N[C@H](CC(N)=O)C(=O)N[C@H]2C(=O)N[C@H]3C(=O)N[C@H](C(=O)N[C@@H](O)c4cc(O)cc(O)c4-c4cc3ccc4O)[C@H](O[C@H]3C[C@](C)(NCc4cccc(NC(=O)c5ccc(OC(F)(F)F)cc5)c4)[C@@H](O)[C@H](C)O3)c3ccc(c(Cl)c3)Oc3cc2cc(c3O[C@@H]2O[C@H](CO)[C@@H](O[C@@H]3O[C@H](CO)[C@H](O)[C@H](O)[C@H]3O)[C@H](O)[C@H]2O)Oc2ccc(cc2Cl)[C@H]1O. The van der Waals surface area contributed by atoms with E-state index in [9.17, 15) is 93.9 Å². The maximum absolute atomic E-state index is 16.5. The molecule has 23 atom stereocenters. The van der Waals surface area contributed by atoms with Crippen LogP contribution < -0.4 is 72.5 Å². The van der Waals surface area contributed by atoms with Crippen LogP contribution in [-0.4, -0.2) is 250 Å². The number of hydrogen-bond donors (Lipinski definition) is 23. The number of ether oxygens (including phenoxy) is 9. The number of aliphatic hydroxyl groups is 10. The average molecular weight is 1880 g/mol. The summed E-state index contributed by atoms with van der Waals surface area (Å²) < 4.78 is 93.6. The fourth-order valence-electron chi connectivity index (χ4n) is 16.0. The number of carbonyl (C=O) groups is 8. The smallest absolute Gasteiger partial charge is 0.508 e. The summed E-state index contributed by atoms with van der Waals surface area (Å²) in [5.74, 6) is -16.2. The number of hydrogen-bond acceptors (Lipinski definition) is 32. The van der Waals surface area contributed by atoms with Crippen molar-refractivity contribution in [3.05, 3.63) is 176 Å². The van der Waals surface area contributed by atoms with E-state index in [0.717, 1.165) is 91.0 Å². The van der Waals surface area contributed by atoms with Gasteiger partial charge in [-0.2, -0.15) is 0 Å². The number of carbonyl (C=O) groups excluding carboxylic acids is 8. The summed E-state index contributed by atoms with van der Waals surface area (Å²) in [5, 5.41) is 172. The molecule has 0 radical (unpaired) electrons. The molecule has 7 aromatic rings. The van der Waals surface area contributed by atoms with Crippen LogP contribution in [0.5, 0.6) is 51.7 Å². The van der Waals surface area contributed by atoms with Crippen molar-refractivity contribution in [2.45, 2.75) is 200 Å². The second kappa shape index (κ2) is 40.4. The van der Waals surface area contributed by atoms with Crippen LogP contribution in [0, 0.1) is 5.92 Å². The first-order chi connectivity index (χ1) is 62.0. The molecule has 45 heteroatoms. The van der Waals surface area contributed by atoms with Gasteiger partial charge in [0.2, 0.25) is 53.4 Å². The van der Waals surface area contributed by atoms with Crippen LogP contribution >= 0.6 is 23.2 Å². The molecule has 3 fully saturated rings. The summed E-state index contributed by atoms with van der Waals surface area (Å²) in [4.78, 5) is 120.